The lowest BCUT2D eigenvalue weighted by molar-refractivity contribution is -0.137. The Labute approximate surface area is 226 Å². The van der Waals surface area contributed by atoms with E-state index in [0.29, 0.717) is 28.8 Å². The first-order valence-corrected chi connectivity index (χ1v) is 12.7. The Bertz CT molecular complexity index is 1320. The number of nitrogens with zero attached hydrogens (tertiary/aromatic N) is 4. The summed E-state index contributed by atoms with van der Waals surface area (Å²) in [6.07, 6.45) is 0. The van der Waals surface area contributed by atoms with Crippen LogP contribution in [0.2, 0.25) is 5.02 Å². The van der Waals surface area contributed by atoms with Crippen LogP contribution in [-0.4, -0.2) is 76.4 Å². The molecule has 1 atom stereocenters. The number of aryl methyl sites for hydroxylation is 1. The Hall–Kier alpha value is -3.98. The standard InChI is InChI=1S/C28H29ClN4O5/c1-4-37-28(36)24-19(3)30-26(20-8-6-5-7-9-20)31-25(24)27(35)32-14-15-33(18(2)16-32)23(34)17-38-22-12-10-21(29)11-13-22/h5-13,18H,4,14-17H2,1-3H3. The van der Waals surface area contributed by atoms with Crippen LogP contribution in [0.15, 0.2) is 54.6 Å². The van der Waals surface area contributed by atoms with Gasteiger partial charge in [-0.15, -0.1) is 0 Å². The molecule has 38 heavy (non-hydrogen) atoms. The van der Waals surface area contributed by atoms with Gasteiger partial charge in [-0.3, -0.25) is 9.59 Å². The molecule has 3 aromatic rings. The van der Waals surface area contributed by atoms with Crippen molar-refractivity contribution < 1.29 is 23.9 Å². The van der Waals surface area contributed by atoms with Crippen LogP contribution in [0.3, 0.4) is 0 Å². The molecule has 2 aromatic carbocycles. The van der Waals surface area contributed by atoms with Crippen molar-refractivity contribution in [1.29, 1.82) is 0 Å². The Morgan fingerprint density at radius 2 is 1.74 bits per heavy atom. The highest BCUT2D eigenvalue weighted by atomic mass is 35.5. The van der Waals surface area contributed by atoms with Gasteiger partial charge in [-0.25, -0.2) is 14.8 Å². The molecule has 1 saturated heterocycles. The quantitative estimate of drug-likeness (QED) is 0.420. The van der Waals surface area contributed by atoms with E-state index >= 15 is 0 Å². The predicted octanol–water partition coefficient (Wildman–Crippen LogP) is 4.03. The Kier molecular flexibility index (Phi) is 8.58. The number of carbonyl (C=O) groups is 3. The van der Waals surface area contributed by atoms with Gasteiger partial charge in [0.2, 0.25) is 0 Å². The third-order valence-electron chi connectivity index (χ3n) is 6.22. The number of piperazine rings is 1. The lowest BCUT2D eigenvalue weighted by Crippen LogP contribution is -2.56. The monoisotopic (exact) mass is 536 g/mol. The first-order valence-electron chi connectivity index (χ1n) is 12.4. The minimum absolute atomic E-state index is 0.00662. The SMILES string of the molecule is CCOC(=O)c1c(C)nc(-c2ccccc2)nc1C(=O)N1CCN(C(=O)COc2ccc(Cl)cc2)C(C)C1. The van der Waals surface area contributed by atoms with Gasteiger partial charge in [0, 0.05) is 36.3 Å². The van der Waals surface area contributed by atoms with Crippen molar-refractivity contribution in [3.05, 3.63) is 76.6 Å². The summed E-state index contributed by atoms with van der Waals surface area (Å²) in [5, 5.41) is 0.582. The summed E-state index contributed by atoms with van der Waals surface area (Å²) >= 11 is 5.89. The van der Waals surface area contributed by atoms with Gasteiger partial charge in [-0.2, -0.15) is 0 Å². The Morgan fingerprint density at radius 1 is 1.03 bits per heavy atom. The van der Waals surface area contributed by atoms with Gasteiger partial charge in [0.05, 0.1) is 12.3 Å². The highest BCUT2D eigenvalue weighted by molar-refractivity contribution is 6.30. The van der Waals surface area contributed by atoms with Crippen molar-refractivity contribution in [2.75, 3.05) is 32.8 Å². The molecular formula is C28H29ClN4O5. The van der Waals surface area contributed by atoms with Crippen molar-refractivity contribution in [2.24, 2.45) is 0 Å². The zero-order chi connectivity index (χ0) is 27.2. The topological polar surface area (TPSA) is 102 Å². The van der Waals surface area contributed by atoms with Crippen LogP contribution in [0.1, 0.15) is 40.4 Å². The van der Waals surface area contributed by atoms with Crippen molar-refractivity contribution >= 4 is 29.4 Å². The fourth-order valence-corrected chi connectivity index (χ4v) is 4.44. The van der Waals surface area contributed by atoms with Crippen LogP contribution in [0.4, 0.5) is 0 Å². The molecule has 0 aliphatic carbocycles. The number of halogens is 1. The number of carbonyl (C=O) groups excluding carboxylic acids is 3. The molecule has 1 aromatic heterocycles. The highest BCUT2D eigenvalue weighted by Gasteiger charge is 2.34. The van der Waals surface area contributed by atoms with Crippen LogP contribution < -0.4 is 4.74 Å². The number of ether oxygens (including phenoxy) is 2. The summed E-state index contributed by atoms with van der Waals surface area (Å²) in [7, 11) is 0. The van der Waals surface area contributed by atoms with E-state index in [4.69, 9.17) is 21.1 Å². The van der Waals surface area contributed by atoms with Crippen LogP contribution >= 0.6 is 11.6 Å². The second-order valence-corrected chi connectivity index (χ2v) is 9.31. The molecule has 0 bridgehead atoms. The number of esters is 1. The Balaban J connectivity index is 1.52. The van der Waals surface area contributed by atoms with E-state index in [1.54, 1.807) is 47.9 Å². The summed E-state index contributed by atoms with van der Waals surface area (Å²) < 4.78 is 10.8. The smallest absolute Gasteiger partial charge is 0.342 e. The van der Waals surface area contributed by atoms with Gasteiger partial charge in [-0.05, 0) is 45.0 Å². The molecule has 0 N–H and O–H groups in total. The van der Waals surface area contributed by atoms with Gasteiger partial charge in [0.1, 0.15) is 17.0 Å². The van der Waals surface area contributed by atoms with E-state index in [1.165, 1.54) is 0 Å². The van der Waals surface area contributed by atoms with E-state index < -0.39 is 11.9 Å². The molecule has 9 nitrogen and oxygen atoms in total. The minimum atomic E-state index is -0.644. The zero-order valence-corrected chi connectivity index (χ0v) is 22.3. The normalized spacial score (nSPS) is 15.2. The number of amides is 2. The fourth-order valence-electron chi connectivity index (χ4n) is 4.31. The lowest BCUT2D eigenvalue weighted by atomic mass is 10.1. The minimum Gasteiger partial charge on any atom is -0.484 e. The van der Waals surface area contributed by atoms with Gasteiger partial charge >= 0.3 is 5.97 Å². The summed E-state index contributed by atoms with van der Waals surface area (Å²) in [5.41, 5.74) is 1.14. The molecule has 0 radical (unpaired) electrons. The molecule has 1 aliphatic rings. The number of hydrogen-bond acceptors (Lipinski definition) is 7. The van der Waals surface area contributed by atoms with Crippen LogP contribution in [0, 0.1) is 6.92 Å². The van der Waals surface area contributed by atoms with Crippen molar-refractivity contribution in [1.82, 2.24) is 19.8 Å². The molecule has 2 amide bonds. The van der Waals surface area contributed by atoms with Crippen LogP contribution in [0.5, 0.6) is 5.75 Å². The van der Waals surface area contributed by atoms with Gasteiger partial charge in [-0.1, -0.05) is 41.9 Å². The van der Waals surface area contributed by atoms with Crippen molar-refractivity contribution in [3.8, 4) is 17.1 Å². The maximum atomic E-state index is 13.7. The van der Waals surface area contributed by atoms with Gasteiger partial charge < -0.3 is 19.3 Å². The van der Waals surface area contributed by atoms with Crippen LogP contribution in [0.25, 0.3) is 11.4 Å². The van der Waals surface area contributed by atoms with Gasteiger partial charge in [0.15, 0.2) is 12.4 Å². The van der Waals surface area contributed by atoms with Gasteiger partial charge in [0.25, 0.3) is 11.8 Å². The summed E-state index contributed by atoms with van der Waals surface area (Å²) in [5.74, 6) is -0.345. The number of aromatic nitrogens is 2. The largest absolute Gasteiger partial charge is 0.484 e. The maximum absolute atomic E-state index is 13.7. The molecule has 0 saturated carbocycles. The molecule has 2 heterocycles. The third kappa shape index (κ3) is 6.11. The van der Waals surface area contributed by atoms with Crippen molar-refractivity contribution in [2.45, 2.75) is 26.8 Å². The Morgan fingerprint density at radius 3 is 2.39 bits per heavy atom. The summed E-state index contributed by atoms with van der Waals surface area (Å²) in [6.45, 7) is 6.13. The van der Waals surface area contributed by atoms with E-state index in [2.05, 4.69) is 9.97 Å². The van der Waals surface area contributed by atoms with E-state index in [0.717, 1.165) is 5.56 Å². The molecule has 1 unspecified atom stereocenters. The second kappa shape index (κ2) is 12.0. The molecule has 1 aliphatic heterocycles. The fraction of sp³-hybridized carbons (Fsp3) is 0.321. The maximum Gasteiger partial charge on any atom is 0.342 e. The third-order valence-corrected chi connectivity index (χ3v) is 6.47. The van der Waals surface area contributed by atoms with Crippen molar-refractivity contribution in [3.63, 3.8) is 0 Å². The molecule has 10 heteroatoms. The number of benzene rings is 2. The number of hydrogen-bond donors (Lipinski definition) is 0. The average molecular weight is 537 g/mol. The van der Waals surface area contributed by atoms with E-state index in [-0.39, 0.29) is 49.5 Å². The second-order valence-electron chi connectivity index (χ2n) is 8.87. The molecule has 4 rings (SSSR count). The molecular weight excluding hydrogens is 508 g/mol. The first-order chi connectivity index (χ1) is 18.3. The first kappa shape index (κ1) is 27.1. The molecule has 0 spiro atoms. The van der Waals surface area contributed by atoms with Crippen LogP contribution in [-0.2, 0) is 9.53 Å². The average Bonchev–Trinajstić information content (AvgIpc) is 2.92. The number of rotatable bonds is 7. The van der Waals surface area contributed by atoms with E-state index in [9.17, 15) is 14.4 Å². The predicted molar refractivity (Wildman–Crippen MR) is 142 cm³/mol. The summed E-state index contributed by atoms with van der Waals surface area (Å²) in [6, 6.07) is 15.8. The summed E-state index contributed by atoms with van der Waals surface area (Å²) in [4.78, 5) is 51.6. The highest BCUT2D eigenvalue weighted by Crippen LogP contribution is 2.23. The van der Waals surface area contributed by atoms with E-state index in [1.807, 2.05) is 37.3 Å². The zero-order valence-electron chi connectivity index (χ0n) is 21.5. The molecule has 198 valence electrons. The molecule has 1 fully saturated rings. The lowest BCUT2D eigenvalue weighted by Gasteiger charge is -2.39.